The number of nitrogens with zero attached hydrogens (tertiary/aromatic N) is 3. The molecule has 0 fully saturated rings. The van der Waals surface area contributed by atoms with Crippen LogP contribution in [0.5, 0.6) is 0 Å². The lowest BCUT2D eigenvalue weighted by atomic mass is 10.2. The molecule has 25 heavy (non-hydrogen) atoms. The van der Waals surface area contributed by atoms with Crippen molar-refractivity contribution in [3.63, 3.8) is 0 Å². The van der Waals surface area contributed by atoms with E-state index in [1.165, 1.54) is 35.4 Å². The fourth-order valence-corrected chi connectivity index (χ4v) is 2.89. The summed E-state index contributed by atoms with van der Waals surface area (Å²) in [6.07, 6.45) is 0. The smallest absolute Gasteiger partial charge is 0.278 e. The fourth-order valence-electron chi connectivity index (χ4n) is 2.03. The number of halogens is 1. The van der Waals surface area contributed by atoms with E-state index in [2.05, 4.69) is 15.4 Å². The van der Waals surface area contributed by atoms with Gasteiger partial charge < -0.3 is 5.32 Å². The van der Waals surface area contributed by atoms with Crippen LogP contribution in [0.25, 0.3) is 5.69 Å². The van der Waals surface area contributed by atoms with Gasteiger partial charge in [0.25, 0.3) is 11.8 Å². The van der Waals surface area contributed by atoms with Crippen LogP contribution >= 0.6 is 11.5 Å². The fraction of sp³-hybridized carbons (Fsp3) is 0.0588. The average Bonchev–Trinajstić information content (AvgIpc) is 3.06. The highest BCUT2D eigenvalue weighted by Crippen LogP contribution is 2.10. The number of rotatable bonds is 3. The van der Waals surface area contributed by atoms with Crippen LogP contribution in [0.3, 0.4) is 0 Å². The number of benzene rings is 2. The Labute approximate surface area is 146 Å². The first kappa shape index (κ1) is 16.7. The van der Waals surface area contributed by atoms with Crippen LogP contribution in [0.4, 0.5) is 4.39 Å². The van der Waals surface area contributed by atoms with Gasteiger partial charge in [0.15, 0.2) is 10.4 Å². The van der Waals surface area contributed by atoms with Gasteiger partial charge in [-0.3, -0.25) is 9.59 Å². The van der Waals surface area contributed by atoms with Crippen LogP contribution in [0, 0.1) is 5.82 Å². The predicted octanol–water partition coefficient (Wildman–Crippen LogP) is 2.17. The highest BCUT2D eigenvalue weighted by molar-refractivity contribution is 7.04. The largest absolute Gasteiger partial charge is 0.354 e. The molecule has 126 valence electrons. The van der Waals surface area contributed by atoms with Crippen molar-refractivity contribution in [2.45, 2.75) is 0 Å². The summed E-state index contributed by atoms with van der Waals surface area (Å²) in [6.45, 7) is 0. The molecule has 8 heteroatoms. The van der Waals surface area contributed by atoms with Gasteiger partial charge in [0, 0.05) is 12.6 Å². The molecule has 6 nitrogen and oxygen atoms in total. The molecule has 0 saturated heterocycles. The Hall–Kier alpha value is -3.13. The predicted molar refractivity (Wildman–Crippen MR) is 91.1 cm³/mol. The molecule has 3 aromatic rings. The zero-order valence-corrected chi connectivity index (χ0v) is 14.0. The van der Waals surface area contributed by atoms with Gasteiger partial charge in [-0.1, -0.05) is 18.2 Å². The number of hydrogen-bond acceptors (Lipinski definition) is 4. The molecule has 3 rings (SSSR count). The Bertz CT molecular complexity index is 978. The summed E-state index contributed by atoms with van der Waals surface area (Å²) in [5, 5.41) is 6.65. The maximum Gasteiger partial charge on any atom is 0.278 e. The van der Waals surface area contributed by atoms with Crippen molar-refractivity contribution in [1.82, 2.24) is 14.5 Å². The van der Waals surface area contributed by atoms with E-state index in [1.807, 2.05) is 0 Å². The first-order chi connectivity index (χ1) is 12.1. The van der Waals surface area contributed by atoms with Gasteiger partial charge in [-0.2, -0.15) is 9.06 Å². The number of carbonyl (C=O) groups is 2. The lowest BCUT2D eigenvalue weighted by Crippen LogP contribution is -2.24. The van der Waals surface area contributed by atoms with Crippen molar-refractivity contribution in [2.24, 2.45) is 4.99 Å². The van der Waals surface area contributed by atoms with Crippen molar-refractivity contribution in [3.05, 3.63) is 76.3 Å². The van der Waals surface area contributed by atoms with E-state index in [0.717, 1.165) is 11.5 Å². The Morgan fingerprint density at radius 3 is 2.44 bits per heavy atom. The van der Waals surface area contributed by atoms with Gasteiger partial charge in [0.05, 0.1) is 5.69 Å². The Morgan fingerprint density at radius 2 is 1.80 bits per heavy atom. The third-order valence-corrected chi connectivity index (χ3v) is 4.20. The molecule has 0 aliphatic rings. The highest BCUT2D eigenvalue weighted by Gasteiger charge is 2.16. The molecule has 1 N–H and O–H groups in total. The molecule has 0 aliphatic carbocycles. The van der Waals surface area contributed by atoms with Crippen LogP contribution in [0.1, 0.15) is 20.8 Å². The van der Waals surface area contributed by atoms with Gasteiger partial charge in [0.2, 0.25) is 0 Å². The van der Waals surface area contributed by atoms with E-state index in [4.69, 9.17) is 0 Å². The van der Waals surface area contributed by atoms with E-state index in [-0.39, 0.29) is 16.2 Å². The first-order valence-electron chi connectivity index (χ1n) is 7.31. The van der Waals surface area contributed by atoms with Crippen LogP contribution in [-0.2, 0) is 0 Å². The second-order valence-corrected chi connectivity index (χ2v) is 5.87. The maximum atomic E-state index is 13.1. The zero-order chi connectivity index (χ0) is 17.8. The van der Waals surface area contributed by atoms with Gasteiger partial charge in [-0.05, 0) is 47.9 Å². The molecular formula is C17H13FN4O2S. The lowest BCUT2D eigenvalue weighted by molar-refractivity contribution is 0.0956. The number of hydrogen-bond donors (Lipinski definition) is 1. The third-order valence-electron chi connectivity index (χ3n) is 3.28. The number of carbonyl (C=O) groups excluding carboxylic acids is 2. The summed E-state index contributed by atoms with van der Waals surface area (Å²) in [5.41, 5.74) is 0.998. The molecule has 0 saturated carbocycles. The summed E-state index contributed by atoms with van der Waals surface area (Å²) in [6, 6.07) is 14.2. The van der Waals surface area contributed by atoms with Gasteiger partial charge >= 0.3 is 0 Å². The molecular weight excluding hydrogens is 343 g/mol. The molecule has 2 amide bonds. The Balaban J connectivity index is 2.08. The van der Waals surface area contributed by atoms with Crippen LogP contribution in [-0.4, -0.2) is 28.0 Å². The minimum absolute atomic E-state index is 0.0288. The van der Waals surface area contributed by atoms with E-state index in [0.29, 0.717) is 11.3 Å². The summed E-state index contributed by atoms with van der Waals surface area (Å²) in [4.78, 5) is 28.4. The molecule has 0 radical (unpaired) electrons. The van der Waals surface area contributed by atoms with Gasteiger partial charge in [0.1, 0.15) is 5.82 Å². The standard InChI is InChI=1S/C17H13FN4O2S/c1-19-16(24)14-17(20-15(23)11-5-3-2-4-6-11)25-22(21-14)13-9-7-12(18)8-10-13/h2-10H,1H3,(H,19,24). The Kier molecular flexibility index (Phi) is 4.80. The third kappa shape index (κ3) is 3.69. The molecule has 0 spiro atoms. The SMILES string of the molecule is CNC(=O)c1nn(-c2ccc(F)cc2)sc1=NC(=O)c1ccccc1. The monoisotopic (exact) mass is 356 g/mol. The second kappa shape index (κ2) is 7.18. The van der Waals surface area contributed by atoms with E-state index in [9.17, 15) is 14.0 Å². The minimum Gasteiger partial charge on any atom is -0.354 e. The summed E-state index contributed by atoms with van der Waals surface area (Å²) in [7, 11) is 1.46. The van der Waals surface area contributed by atoms with Crippen molar-refractivity contribution < 1.29 is 14.0 Å². The molecule has 0 unspecified atom stereocenters. The van der Waals surface area contributed by atoms with Gasteiger partial charge in [-0.15, -0.1) is 5.10 Å². The summed E-state index contributed by atoms with van der Waals surface area (Å²) in [5.74, 6) is -1.31. The molecule has 0 atom stereocenters. The van der Waals surface area contributed by atoms with Crippen molar-refractivity contribution >= 4 is 23.3 Å². The number of aromatic nitrogens is 2. The Morgan fingerprint density at radius 1 is 1.12 bits per heavy atom. The van der Waals surface area contributed by atoms with Crippen LogP contribution in [0.2, 0.25) is 0 Å². The summed E-state index contributed by atoms with van der Waals surface area (Å²) >= 11 is 1.02. The molecule has 1 heterocycles. The lowest BCUT2D eigenvalue weighted by Gasteiger charge is -1.98. The van der Waals surface area contributed by atoms with Crippen LogP contribution < -0.4 is 9.99 Å². The molecule has 2 aromatic carbocycles. The van der Waals surface area contributed by atoms with E-state index >= 15 is 0 Å². The van der Waals surface area contributed by atoms with Crippen molar-refractivity contribution in [3.8, 4) is 5.69 Å². The maximum absolute atomic E-state index is 13.1. The van der Waals surface area contributed by atoms with Crippen molar-refractivity contribution in [2.75, 3.05) is 7.05 Å². The van der Waals surface area contributed by atoms with Gasteiger partial charge in [-0.25, -0.2) is 4.39 Å². The first-order valence-corrected chi connectivity index (χ1v) is 8.08. The second-order valence-electron chi connectivity index (χ2n) is 4.96. The average molecular weight is 356 g/mol. The summed E-state index contributed by atoms with van der Waals surface area (Å²) < 4.78 is 14.7. The van der Waals surface area contributed by atoms with E-state index in [1.54, 1.807) is 30.3 Å². The van der Waals surface area contributed by atoms with Crippen molar-refractivity contribution in [1.29, 1.82) is 0 Å². The zero-order valence-electron chi connectivity index (χ0n) is 13.1. The molecule has 1 aromatic heterocycles. The quantitative estimate of drug-likeness (QED) is 0.781. The minimum atomic E-state index is -0.472. The number of nitrogens with one attached hydrogen (secondary N) is 1. The van der Waals surface area contributed by atoms with Crippen LogP contribution in [0.15, 0.2) is 59.6 Å². The topological polar surface area (TPSA) is 76.3 Å². The normalized spacial score (nSPS) is 11.4. The highest BCUT2D eigenvalue weighted by atomic mass is 32.1. The van der Waals surface area contributed by atoms with E-state index < -0.39 is 11.8 Å². The number of amides is 2. The molecule has 0 bridgehead atoms. The molecule has 0 aliphatic heterocycles.